The molecule has 21 heavy (non-hydrogen) atoms. The Bertz CT molecular complexity index is 546. The van der Waals surface area contributed by atoms with Crippen LogP contribution < -0.4 is 5.32 Å². The van der Waals surface area contributed by atoms with Crippen molar-refractivity contribution in [1.29, 1.82) is 0 Å². The van der Waals surface area contributed by atoms with Crippen LogP contribution >= 0.6 is 11.6 Å². The fourth-order valence-corrected chi connectivity index (χ4v) is 2.44. The number of aliphatic hydroxyl groups excluding tert-OH is 3. The van der Waals surface area contributed by atoms with Crippen molar-refractivity contribution >= 4 is 21.4 Å². The highest BCUT2D eigenvalue weighted by Gasteiger charge is 2.24. The summed E-state index contributed by atoms with van der Waals surface area (Å²) < 4.78 is 22.7. The van der Waals surface area contributed by atoms with Gasteiger partial charge in [-0.15, -0.1) is 11.6 Å². The molecule has 0 aliphatic heterocycles. The predicted octanol–water partition coefficient (Wildman–Crippen LogP) is 0.0197. The summed E-state index contributed by atoms with van der Waals surface area (Å²) in [4.78, 5) is 0.140. The maximum atomic E-state index is 11.4. The highest BCUT2D eigenvalue weighted by atomic mass is 35.5. The molecule has 0 heterocycles. The van der Waals surface area contributed by atoms with Crippen LogP contribution in [-0.2, 0) is 9.84 Å². The molecule has 0 aliphatic rings. The molecule has 8 heteroatoms. The van der Waals surface area contributed by atoms with Gasteiger partial charge < -0.3 is 15.3 Å². The number of rotatable bonds is 7. The van der Waals surface area contributed by atoms with Crippen molar-refractivity contribution in [3.63, 3.8) is 0 Å². The molecule has 0 bridgehead atoms. The van der Waals surface area contributed by atoms with Crippen LogP contribution in [0.15, 0.2) is 29.2 Å². The van der Waals surface area contributed by atoms with Gasteiger partial charge in [-0.25, -0.2) is 8.42 Å². The summed E-state index contributed by atoms with van der Waals surface area (Å²) in [5, 5.41) is 31.1. The van der Waals surface area contributed by atoms with E-state index in [1.807, 2.05) is 0 Å². The Morgan fingerprint density at radius 3 is 2.14 bits per heavy atom. The van der Waals surface area contributed by atoms with Crippen molar-refractivity contribution in [3.8, 4) is 0 Å². The second kappa shape index (κ2) is 7.53. The van der Waals surface area contributed by atoms with Crippen LogP contribution in [-0.4, -0.2) is 54.2 Å². The normalized spacial score (nSPS) is 18.0. The number of hydrogen-bond donors (Lipinski definition) is 4. The SMILES string of the molecule is CC(Cl)[C@@H](O)NC(CO)[C@H](O)c1ccc(S(C)(=O)=O)cc1. The predicted molar refractivity (Wildman–Crippen MR) is 79.8 cm³/mol. The van der Waals surface area contributed by atoms with Gasteiger partial charge in [0.1, 0.15) is 6.23 Å². The van der Waals surface area contributed by atoms with E-state index in [1.165, 1.54) is 24.3 Å². The minimum absolute atomic E-state index is 0.140. The van der Waals surface area contributed by atoms with Crippen LogP contribution in [0.1, 0.15) is 18.6 Å². The largest absolute Gasteiger partial charge is 0.395 e. The van der Waals surface area contributed by atoms with Crippen LogP contribution in [0.5, 0.6) is 0 Å². The van der Waals surface area contributed by atoms with Crippen molar-refractivity contribution in [3.05, 3.63) is 29.8 Å². The molecule has 0 aromatic heterocycles. The minimum atomic E-state index is -3.31. The summed E-state index contributed by atoms with van der Waals surface area (Å²) in [5.41, 5.74) is 0.420. The molecule has 0 fully saturated rings. The Morgan fingerprint density at radius 1 is 1.24 bits per heavy atom. The molecule has 4 atom stereocenters. The molecule has 6 nitrogen and oxygen atoms in total. The lowest BCUT2D eigenvalue weighted by atomic mass is 10.0. The molecule has 0 spiro atoms. The van der Waals surface area contributed by atoms with E-state index in [-0.39, 0.29) is 4.90 Å². The van der Waals surface area contributed by atoms with Crippen LogP contribution in [0, 0.1) is 0 Å². The third-order valence-electron chi connectivity index (χ3n) is 3.05. The average molecular weight is 338 g/mol. The molecule has 1 aromatic carbocycles. The number of halogens is 1. The van der Waals surface area contributed by atoms with E-state index in [2.05, 4.69) is 5.32 Å². The summed E-state index contributed by atoms with van der Waals surface area (Å²) in [5.74, 6) is 0. The second-order valence-corrected chi connectivity index (χ2v) is 7.57. The second-order valence-electron chi connectivity index (χ2n) is 4.86. The van der Waals surface area contributed by atoms with Crippen molar-refractivity contribution in [2.24, 2.45) is 0 Å². The summed E-state index contributed by atoms with van der Waals surface area (Å²) in [6.45, 7) is 1.15. The number of hydrogen-bond acceptors (Lipinski definition) is 6. The van der Waals surface area contributed by atoms with Crippen LogP contribution in [0.2, 0.25) is 0 Å². The molecule has 1 aromatic rings. The lowest BCUT2D eigenvalue weighted by Gasteiger charge is -2.26. The van der Waals surface area contributed by atoms with Crippen molar-refractivity contribution < 1.29 is 23.7 Å². The lowest BCUT2D eigenvalue weighted by Crippen LogP contribution is -2.47. The first kappa shape index (κ1) is 18.3. The summed E-state index contributed by atoms with van der Waals surface area (Å²) >= 11 is 5.71. The molecule has 4 N–H and O–H groups in total. The molecule has 0 amide bonds. The third-order valence-corrected chi connectivity index (χ3v) is 4.41. The zero-order valence-corrected chi connectivity index (χ0v) is 13.3. The van der Waals surface area contributed by atoms with Gasteiger partial charge in [0.2, 0.25) is 0 Å². The summed E-state index contributed by atoms with van der Waals surface area (Å²) in [7, 11) is -3.31. The van der Waals surface area contributed by atoms with E-state index in [0.717, 1.165) is 6.26 Å². The number of aliphatic hydroxyl groups is 3. The topological polar surface area (TPSA) is 107 Å². The van der Waals surface area contributed by atoms with Gasteiger partial charge in [-0.1, -0.05) is 12.1 Å². The zero-order chi connectivity index (χ0) is 16.2. The molecule has 0 radical (unpaired) electrons. The number of nitrogens with one attached hydrogen (secondary N) is 1. The first-order chi connectivity index (χ1) is 9.66. The van der Waals surface area contributed by atoms with Gasteiger partial charge >= 0.3 is 0 Å². The quantitative estimate of drug-likeness (QED) is 0.413. The molecule has 0 aliphatic carbocycles. The van der Waals surface area contributed by atoms with E-state index >= 15 is 0 Å². The van der Waals surface area contributed by atoms with Crippen molar-refractivity contribution in [2.75, 3.05) is 12.9 Å². The standard InChI is InChI=1S/C13H20ClNO5S/c1-8(14)13(18)15-11(7-16)12(17)9-3-5-10(6-4-9)21(2,19)20/h3-6,8,11-13,15-18H,7H2,1-2H3/t8?,11?,12-,13-/m1/s1. The Morgan fingerprint density at radius 2 is 1.76 bits per heavy atom. The van der Waals surface area contributed by atoms with E-state index in [4.69, 9.17) is 11.6 Å². The van der Waals surface area contributed by atoms with E-state index < -0.39 is 40.2 Å². The molecular weight excluding hydrogens is 318 g/mol. The van der Waals surface area contributed by atoms with Gasteiger partial charge in [0.15, 0.2) is 9.84 Å². The number of sulfone groups is 1. The number of alkyl halides is 1. The molecule has 1 rings (SSSR count). The van der Waals surface area contributed by atoms with Gasteiger partial charge in [-0.3, -0.25) is 5.32 Å². The minimum Gasteiger partial charge on any atom is -0.395 e. The van der Waals surface area contributed by atoms with Crippen LogP contribution in [0.4, 0.5) is 0 Å². The lowest BCUT2D eigenvalue weighted by molar-refractivity contribution is 0.0401. The van der Waals surface area contributed by atoms with Gasteiger partial charge in [-0.05, 0) is 24.6 Å². The Labute approximate surface area is 129 Å². The average Bonchev–Trinajstić information content (AvgIpc) is 2.42. The fraction of sp³-hybridized carbons (Fsp3) is 0.538. The molecule has 0 saturated heterocycles. The summed E-state index contributed by atoms with van der Waals surface area (Å²) in [6.07, 6.45) is -1.11. The van der Waals surface area contributed by atoms with E-state index in [1.54, 1.807) is 6.92 Å². The van der Waals surface area contributed by atoms with Crippen LogP contribution in [0.3, 0.4) is 0 Å². The molecule has 2 unspecified atom stereocenters. The smallest absolute Gasteiger partial charge is 0.175 e. The maximum absolute atomic E-state index is 11.4. The highest BCUT2D eigenvalue weighted by molar-refractivity contribution is 7.90. The Kier molecular flexibility index (Phi) is 6.58. The monoisotopic (exact) mass is 337 g/mol. The first-order valence-corrected chi connectivity index (χ1v) is 8.66. The van der Waals surface area contributed by atoms with Gasteiger partial charge in [0, 0.05) is 6.26 Å². The highest BCUT2D eigenvalue weighted by Crippen LogP contribution is 2.20. The molecule has 120 valence electrons. The Hall–Kier alpha value is -0.700. The van der Waals surface area contributed by atoms with Crippen molar-refractivity contribution in [2.45, 2.75) is 35.6 Å². The summed E-state index contributed by atoms with van der Waals surface area (Å²) in [6, 6.07) is 4.85. The van der Waals surface area contributed by atoms with E-state index in [0.29, 0.717) is 5.56 Å². The maximum Gasteiger partial charge on any atom is 0.175 e. The third kappa shape index (κ3) is 5.21. The van der Waals surface area contributed by atoms with Gasteiger partial charge in [0.05, 0.1) is 29.0 Å². The molecular formula is C13H20ClNO5S. The van der Waals surface area contributed by atoms with Gasteiger partial charge in [-0.2, -0.15) is 0 Å². The van der Waals surface area contributed by atoms with Crippen molar-refractivity contribution in [1.82, 2.24) is 5.32 Å². The van der Waals surface area contributed by atoms with Gasteiger partial charge in [0.25, 0.3) is 0 Å². The zero-order valence-electron chi connectivity index (χ0n) is 11.8. The number of benzene rings is 1. The molecule has 0 saturated carbocycles. The Balaban J connectivity index is 2.88. The van der Waals surface area contributed by atoms with Crippen LogP contribution in [0.25, 0.3) is 0 Å². The first-order valence-electron chi connectivity index (χ1n) is 6.34. The van der Waals surface area contributed by atoms with E-state index in [9.17, 15) is 23.7 Å². The fourth-order valence-electron chi connectivity index (χ4n) is 1.74.